The first-order chi connectivity index (χ1) is 66.2. The third-order valence-corrected chi connectivity index (χ3v) is 34.0. The summed E-state index contributed by atoms with van der Waals surface area (Å²) in [6, 6.07) is 71.0. The van der Waals surface area contributed by atoms with Crippen molar-refractivity contribution in [2.45, 2.75) is 179 Å². The largest absolute Gasteiger partial charge is 0.465 e. The Balaban J connectivity index is 0.000000212. The molecule has 0 aromatic heterocycles. The summed E-state index contributed by atoms with van der Waals surface area (Å²) >= 11 is 0. The van der Waals surface area contributed by atoms with Gasteiger partial charge in [-0.15, -0.1) is 0 Å². The lowest BCUT2D eigenvalue weighted by Gasteiger charge is -2.21. The number of carbonyl (C=O) groups excluding carboxylic acids is 2. The van der Waals surface area contributed by atoms with Crippen molar-refractivity contribution in [3.05, 3.63) is 374 Å². The molecule has 0 spiro atoms. The summed E-state index contributed by atoms with van der Waals surface area (Å²) < 4.78 is 229. The van der Waals surface area contributed by atoms with E-state index in [1.165, 1.54) is 101 Å². The fraction of sp³-hybridized carbons (Fsp3) is 0.257. The van der Waals surface area contributed by atoms with Gasteiger partial charge in [0.2, 0.25) is 0 Å². The van der Waals surface area contributed by atoms with E-state index in [0.717, 1.165) is 63.2 Å². The normalized spacial score (nSPS) is 11.8. The van der Waals surface area contributed by atoms with Crippen LogP contribution < -0.4 is 30.4 Å². The first kappa shape index (κ1) is 112. The number of nitrogen functional groups attached to an aromatic ring is 1. The Morgan fingerprint density at radius 2 is 0.504 bits per heavy atom. The van der Waals surface area contributed by atoms with E-state index in [9.17, 15) is 76.9 Å². The van der Waals surface area contributed by atoms with Gasteiger partial charge in [0.05, 0.1) is 111 Å². The van der Waals surface area contributed by atoms with Crippen molar-refractivity contribution in [2.24, 2.45) is 5.73 Å². The lowest BCUT2D eigenvalue weighted by Crippen LogP contribution is -2.35. The molecule has 0 aliphatic rings. The highest BCUT2D eigenvalue weighted by Gasteiger charge is 2.29. The summed E-state index contributed by atoms with van der Waals surface area (Å²) in [5.41, 5.74) is 25.9. The summed E-state index contributed by atoms with van der Waals surface area (Å²) in [5, 5.41) is 0. The van der Waals surface area contributed by atoms with E-state index in [1.807, 2.05) is 61.5 Å². The number of aryl methyl sites for hydroxylation is 8. The van der Waals surface area contributed by atoms with Crippen molar-refractivity contribution in [1.29, 1.82) is 0 Å². The predicted molar refractivity (Wildman–Crippen MR) is 557 cm³/mol. The molecule has 12 rings (SSSR count). The first-order valence-corrected chi connectivity index (χ1v) is 57.3. The van der Waals surface area contributed by atoms with Gasteiger partial charge in [-0.2, -0.15) is 0 Å². The van der Waals surface area contributed by atoms with E-state index in [4.69, 9.17) is 20.9 Å². The second-order valence-corrected chi connectivity index (χ2v) is 49.3. The second kappa shape index (κ2) is 49.8. The zero-order valence-electron chi connectivity index (χ0n) is 81.2. The van der Waals surface area contributed by atoms with E-state index in [-0.39, 0.29) is 130 Å². The number of anilines is 5. The van der Waals surface area contributed by atoms with Gasteiger partial charge in [-0.05, 0) is 269 Å². The van der Waals surface area contributed by atoms with Gasteiger partial charge < -0.3 is 20.9 Å². The van der Waals surface area contributed by atoms with Gasteiger partial charge in [0.1, 0.15) is 0 Å². The molecular formula is C105H122N8O20S8. The second-order valence-electron chi connectivity index (χ2n) is 34.6. The number of carbonyl (C=O) groups is 2. The van der Waals surface area contributed by atoms with Crippen molar-refractivity contribution < 1.29 is 86.4 Å². The van der Waals surface area contributed by atoms with Crippen molar-refractivity contribution in [2.75, 3.05) is 64.0 Å². The van der Waals surface area contributed by atoms with Gasteiger partial charge >= 0.3 is 11.9 Å². The highest BCUT2D eigenvalue weighted by Crippen LogP contribution is 2.34. The van der Waals surface area contributed by atoms with Crippen LogP contribution in [0.25, 0.3) is 0 Å². The zero-order chi connectivity index (χ0) is 104. The van der Waals surface area contributed by atoms with E-state index in [2.05, 4.69) is 63.6 Å². The molecule has 0 saturated heterocycles. The third-order valence-electron chi connectivity index (χ3n) is 21.7. The average Bonchev–Trinajstić information content (AvgIpc) is 0.804. The molecule has 36 heteroatoms. The molecule has 0 saturated carbocycles. The lowest BCUT2D eigenvalue weighted by molar-refractivity contribution is -0.148. The molecule has 750 valence electrons. The number of nitrogens with two attached hydrogens (primary N) is 2. The summed E-state index contributed by atoms with van der Waals surface area (Å²) in [6.45, 7) is 28.8. The Morgan fingerprint density at radius 3 is 0.738 bits per heavy atom. The number of rotatable bonds is 39. The van der Waals surface area contributed by atoms with E-state index in [1.54, 1.807) is 190 Å². The quantitative estimate of drug-likeness (QED) is 0.0118. The van der Waals surface area contributed by atoms with Gasteiger partial charge in [0, 0.05) is 38.4 Å². The molecule has 0 unspecified atom stereocenters. The molecule has 0 fully saturated rings. The van der Waals surface area contributed by atoms with Crippen molar-refractivity contribution in [3.63, 3.8) is 0 Å². The van der Waals surface area contributed by atoms with Crippen LogP contribution in [0.3, 0.4) is 0 Å². The van der Waals surface area contributed by atoms with Crippen molar-refractivity contribution >= 4 is 120 Å². The Morgan fingerprint density at radius 1 is 0.291 bits per heavy atom. The minimum Gasteiger partial charge on any atom is -0.465 e. The van der Waals surface area contributed by atoms with Gasteiger partial charge in [0.15, 0.2) is 39.3 Å². The molecular weight excluding hydrogens is 1950 g/mol. The number of sulfonamides is 4. The summed E-state index contributed by atoms with van der Waals surface area (Å²) in [5.74, 6) is -2.64. The number of hydrogen-bond acceptors (Lipinski definition) is 24. The Labute approximate surface area is 831 Å². The summed E-state index contributed by atoms with van der Waals surface area (Å²) in [6.07, 6.45) is 4.32. The Kier molecular flexibility index (Phi) is 39.6. The minimum absolute atomic E-state index is 0.0274. The van der Waals surface area contributed by atoms with E-state index in [0.29, 0.717) is 34.5 Å². The number of allylic oxidation sites excluding steroid dienone is 2. The molecule has 0 heterocycles. The monoisotopic (exact) mass is 2070 g/mol. The average molecular weight is 2070 g/mol. The lowest BCUT2D eigenvalue weighted by atomic mass is 10.1. The minimum atomic E-state index is -4.04. The van der Waals surface area contributed by atoms with Gasteiger partial charge in [-0.25, -0.2) is 67.3 Å². The topological polar surface area (TPSA) is 432 Å². The van der Waals surface area contributed by atoms with Crippen LogP contribution in [0, 0.1) is 55.4 Å². The highest BCUT2D eigenvalue weighted by molar-refractivity contribution is 7.94. The number of nitrogens with zero attached hydrogens (tertiary/aromatic N) is 2. The van der Waals surface area contributed by atoms with Crippen LogP contribution in [0.1, 0.15) is 125 Å². The maximum absolute atomic E-state index is 13.4. The Bertz CT molecular complexity index is 7400. The molecule has 8 N–H and O–H groups in total. The maximum atomic E-state index is 13.4. The molecule has 0 aliphatic carbocycles. The SMILES string of the molecule is CC(C)=CCN(CC=C(C)C)Cc1ccc(NS(=O)(=O)c2ccc(C)cc2)c(CS(=O)(=O)c2ccc(C)cc2)c1.CCOC(=O)CN(CC(=O)OCC)Cc1ccc(NS(=O)(=O)c2ccc(C)cc2)c(CS(=O)(=O)c2ccc(C)cc2)c1.Cc1ccc(S(=O)(=O)Cc2cc(CN)ccc2NS(=O)(=O)c2ccc(C)cc2)cc1.Cc1ccc(S(=O)(=O)Cc2cc(N)ccc2NS(=O)(=O)c2ccc(C)cc2)cc1. The zero-order valence-corrected chi connectivity index (χ0v) is 87.8. The third kappa shape index (κ3) is 34.5. The molecule has 28 nitrogen and oxygen atoms in total. The van der Waals surface area contributed by atoms with Crippen LogP contribution >= 0.6 is 0 Å². The fourth-order valence-electron chi connectivity index (χ4n) is 13.9. The van der Waals surface area contributed by atoms with Gasteiger partial charge in [0.25, 0.3) is 40.1 Å². The number of benzene rings is 12. The van der Waals surface area contributed by atoms with Gasteiger partial charge in [-0.1, -0.05) is 201 Å². The molecule has 12 aromatic carbocycles. The smallest absolute Gasteiger partial charge is 0.320 e. The molecule has 0 radical (unpaired) electrons. The van der Waals surface area contributed by atoms with Gasteiger partial charge in [-0.3, -0.25) is 38.3 Å². The molecule has 0 amide bonds. The highest BCUT2D eigenvalue weighted by atomic mass is 32.2. The van der Waals surface area contributed by atoms with E-state index >= 15 is 0 Å². The number of nitrogens with one attached hydrogen (secondary N) is 4. The molecule has 0 atom stereocenters. The van der Waals surface area contributed by atoms with Crippen LogP contribution in [-0.4, -0.2) is 128 Å². The number of esters is 2. The van der Waals surface area contributed by atoms with Crippen LogP contribution in [0.15, 0.2) is 329 Å². The van der Waals surface area contributed by atoms with Crippen molar-refractivity contribution in [1.82, 2.24) is 9.80 Å². The van der Waals surface area contributed by atoms with Crippen LogP contribution in [0.2, 0.25) is 0 Å². The van der Waals surface area contributed by atoms with Crippen molar-refractivity contribution in [3.8, 4) is 0 Å². The van der Waals surface area contributed by atoms with E-state index < -0.39 is 97.1 Å². The first-order valence-electron chi connectivity index (χ1n) is 44.8. The number of sulfone groups is 4. The predicted octanol–water partition coefficient (Wildman–Crippen LogP) is 18.0. The standard InChI is InChI=1S/C32H40N2O4S2.C30H36N2O8S2.C22H24N2O4S2.C21H22N2O4S2/c1-24(2)17-19-34(20-18-25(3)4)22-28-11-16-32(33-40(37,38)31-14-9-27(6)10-15-31)29(21-28)23-39(35,36)30-12-7-26(5)8-13-30;1-5-39-29(33)19-32(20-30(34)40-6-2)18-24-11-16-28(31-42(37,38)27-14-9-23(4)10-15-27)25(17-24)21-41(35,36)26-12-7-22(3)8-13-26;1-16-3-8-20(9-4-16)29(25,26)15-19-13-18(14-23)7-12-22(19)24-30(27,28)21-10-5-17(2)6-11-21;1-15-3-8-19(9-4-15)28(24,25)14-17-13-18(22)7-12-21(17)23-29(26,27)20-10-5-16(2)6-11-20/h7-18,21,33H,19-20,22-23H2,1-6H3;7-17,31H,5-6,18-21H2,1-4H3;3-13,24H,14-15,23H2,1-2H3;3-13,23H,14,22H2,1-2H3. The summed E-state index contributed by atoms with van der Waals surface area (Å²) in [7, 11) is -30.7. The molecule has 12 aromatic rings. The summed E-state index contributed by atoms with van der Waals surface area (Å²) in [4.78, 5) is 29.2. The maximum Gasteiger partial charge on any atom is 0.320 e. The fourth-order valence-corrected chi connectivity index (χ4v) is 23.7. The van der Waals surface area contributed by atoms with Crippen LogP contribution in [-0.2, 0) is 141 Å². The van der Waals surface area contributed by atoms with Crippen LogP contribution in [0.5, 0.6) is 0 Å². The molecule has 141 heavy (non-hydrogen) atoms. The molecule has 0 aliphatic heterocycles. The molecule has 0 bridgehead atoms. The number of ether oxygens (including phenoxy) is 2. The number of hydrogen-bond donors (Lipinski definition) is 6. The Hall–Kier alpha value is -12.5. The van der Waals surface area contributed by atoms with Crippen LogP contribution in [0.4, 0.5) is 28.4 Å².